The Morgan fingerprint density at radius 1 is 1.53 bits per heavy atom. The topological polar surface area (TPSA) is 63.4 Å². The van der Waals surface area contributed by atoms with Crippen LogP contribution in [0.2, 0.25) is 0 Å². The van der Waals surface area contributed by atoms with Crippen molar-refractivity contribution in [2.45, 2.75) is 6.42 Å². The fraction of sp³-hybridized carbons (Fsp3) is 0.200. The van der Waals surface area contributed by atoms with Crippen molar-refractivity contribution in [1.29, 1.82) is 0 Å². The fourth-order valence-electron chi connectivity index (χ4n) is 1.02. The first-order valence-electron chi connectivity index (χ1n) is 4.19. The van der Waals surface area contributed by atoms with Crippen LogP contribution in [0.5, 0.6) is 0 Å². The number of nitro benzene ring substituents is 1. The summed E-state index contributed by atoms with van der Waals surface area (Å²) >= 11 is 0. The van der Waals surface area contributed by atoms with Crippen molar-refractivity contribution >= 4 is 5.69 Å². The molecule has 0 aromatic heterocycles. The Bertz CT molecular complexity index is 434. The van der Waals surface area contributed by atoms with Crippen LogP contribution in [0.15, 0.2) is 18.2 Å². The third-order valence-electron chi connectivity index (χ3n) is 1.63. The van der Waals surface area contributed by atoms with Crippen LogP contribution in [0.4, 0.5) is 10.1 Å². The van der Waals surface area contributed by atoms with Crippen LogP contribution in [0.3, 0.4) is 0 Å². The van der Waals surface area contributed by atoms with Crippen molar-refractivity contribution in [1.82, 2.24) is 0 Å². The van der Waals surface area contributed by atoms with Crippen LogP contribution < -0.4 is 0 Å². The number of nitro groups is 1. The molecule has 0 atom stereocenters. The molecule has 0 heterocycles. The number of hydrogen-bond donors (Lipinski definition) is 1. The first-order valence-corrected chi connectivity index (χ1v) is 4.19. The normalized spacial score (nSPS) is 9.20. The lowest BCUT2D eigenvalue weighted by molar-refractivity contribution is -0.387. The lowest BCUT2D eigenvalue weighted by atomic mass is 10.1. The Morgan fingerprint density at radius 2 is 2.27 bits per heavy atom. The van der Waals surface area contributed by atoms with Crippen LogP contribution in [-0.4, -0.2) is 16.6 Å². The fourth-order valence-corrected chi connectivity index (χ4v) is 1.02. The minimum atomic E-state index is -0.907. The van der Waals surface area contributed by atoms with E-state index in [1.165, 1.54) is 12.1 Å². The van der Waals surface area contributed by atoms with E-state index in [1.54, 1.807) is 0 Å². The van der Waals surface area contributed by atoms with E-state index in [2.05, 4.69) is 11.8 Å². The minimum absolute atomic E-state index is 0.0217. The standard InChI is InChI=1S/C10H8FNO3/c11-9-6-3-5-8(4-1-2-7-13)10(9)12(14)15/h3,5-6,13H,2,7H2. The summed E-state index contributed by atoms with van der Waals surface area (Å²) in [5, 5.41) is 19.0. The molecule has 0 saturated carbocycles. The number of halogens is 1. The highest BCUT2D eigenvalue weighted by molar-refractivity contribution is 5.51. The monoisotopic (exact) mass is 209 g/mol. The van der Waals surface area contributed by atoms with Crippen molar-refractivity contribution < 1.29 is 14.4 Å². The first kappa shape index (κ1) is 11.1. The summed E-state index contributed by atoms with van der Waals surface area (Å²) in [4.78, 5) is 9.72. The van der Waals surface area contributed by atoms with Crippen molar-refractivity contribution in [3.8, 4) is 11.8 Å². The van der Waals surface area contributed by atoms with Crippen molar-refractivity contribution in [3.05, 3.63) is 39.7 Å². The second kappa shape index (κ2) is 5.08. The van der Waals surface area contributed by atoms with Gasteiger partial charge in [0.15, 0.2) is 0 Å². The summed E-state index contributed by atoms with van der Waals surface area (Å²) in [5.41, 5.74) is -0.601. The zero-order chi connectivity index (χ0) is 11.3. The summed E-state index contributed by atoms with van der Waals surface area (Å²) in [6, 6.07) is 3.73. The van der Waals surface area contributed by atoms with Gasteiger partial charge in [-0.2, -0.15) is 4.39 Å². The Morgan fingerprint density at radius 3 is 2.87 bits per heavy atom. The number of para-hydroxylation sites is 1. The number of aliphatic hydroxyl groups excluding tert-OH is 1. The van der Waals surface area contributed by atoms with Crippen molar-refractivity contribution in [2.24, 2.45) is 0 Å². The molecule has 0 radical (unpaired) electrons. The first-order chi connectivity index (χ1) is 7.16. The molecule has 0 amide bonds. The smallest absolute Gasteiger partial charge is 0.320 e. The Balaban J connectivity index is 3.13. The number of nitrogens with zero attached hydrogens (tertiary/aromatic N) is 1. The van der Waals surface area contributed by atoms with Crippen LogP contribution in [0.25, 0.3) is 0 Å². The van der Waals surface area contributed by atoms with E-state index in [9.17, 15) is 14.5 Å². The molecule has 0 fully saturated rings. The third kappa shape index (κ3) is 2.76. The summed E-state index contributed by atoms with van der Waals surface area (Å²) in [5.74, 6) is 4.04. The molecule has 15 heavy (non-hydrogen) atoms. The van der Waals surface area contributed by atoms with Gasteiger partial charge in [0.05, 0.1) is 11.5 Å². The molecule has 1 aromatic rings. The van der Waals surface area contributed by atoms with Gasteiger partial charge in [-0.1, -0.05) is 17.9 Å². The lowest BCUT2D eigenvalue weighted by Crippen LogP contribution is -1.95. The summed E-state index contributed by atoms with van der Waals surface area (Å²) in [6.07, 6.45) is 0.202. The maximum atomic E-state index is 13.1. The number of rotatable bonds is 2. The van der Waals surface area contributed by atoms with Crippen molar-refractivity contribution in [3.63, 3.8) is 0 Å². The molecule has 1 N–H and O–H groups in total. The SMILES string of the molecule is O=[N+]([O-])c1c(F)cccc1C#CCCO. The van der Waals surface area contributed by atoms with E-state index in [1.807, 2.05) is 0 Å². The Hall–Kier alpha value is -1.93. The molecule has 4 nitrogen and oxygen atoms in total. The number of aliphatic hydroxyl groups is 1. The number of benzene rings is 1. The van der Waals surface area contributed by atoms with Crippen LogP contribution >= 0.6 is 0 Å². The largest absolute Gasteiger partial charge is 0.395 e. The van der Waals surface area contributed by atoms with Crippen molar-refractivity contribution in [2.75, 3.05) is 6.61 Å². The molecule has 5 heteroatoms. The van der Waals surface area contributed by atoms with Gasteiger partial charge in [0.25, 0.3) is 0 Å². The van der Waals surface area contributed by atoms with Crippen LogP contribution in [0.1, 0.15) is 12.0 Å². The summed E-state index contributed by atoms with van der Waals surface area (Å²) < 4.78 is 13.1. The van der Waals surface area contributed by atoms with Gasteiger partial charge in [0, 0.05) is 6.42 Å². The third-order valence-corrected chi connectivity index (χ3v) is 1.63. The molecule has 1 aromatic carbocycles. The van der Waals surface area contributed by atoms with Gasteiger partial charge in [-0.3, -0.25) is 10.1 Å². The molecule has 0 aliphatic heterocycles. The van der Waals surface area contributed by atoms with Crippen LogP contribution in [-0.2, 0) is 0 Å². The quantitative estimate of drug-likeness (QED) is 0.455. The van der Waals surface area contributed by atoms with Crippen LogP contribution in [0, 0.1) is 27.8 Å². The molecular formula is C10H8FNO3. The molecule has 0 aliphatic carbocycles. The lowest BCUT2D eigenvalue weighted by Gasteiger charge is -1.95. The predicted octanol–water partition coefficient (Wildman–Crippen LogP) is 1.47. The molecule has 0 unspecified atom stereocenters. The van der Waals surface area contributed by atoms with Gasteiger partial charge in [-0.25, -0.2) is 0 Å². The summed E-state index contributed by atoms with van der Waals surface area (Å²) in [6.45, 7) is -0.129. The van der Waals surface area contributed by atoms with Gasteiger partial charge in [-0.15, -0.1) is 0 Å². The van der Waals surface area contributed by atoms with E-state index in [0.29, 0.717) is 0 Å². The second-order valence-electron chi connectivity index (χ2n) is 2.67. The van der Waals surface area contributed by atoms with E-state index >= 15 is 0 Å². The molecule has 0 saturated heterocycles. The Kier molecular flexibility index (Phi) is 3.77. The maximum absolute atomic E-state index is 13.1. The summed E-state index contributed by atoms with van der Waals surface area (Å²) in [7, 11) is 0. The number of hydrogen-bond acceptors (Lipinski definition) is 3. The molecule has 0 spiro atoms. The highest BCUT2D eigenvalue weighted by atomic mass is 19.1. The van der Waals surface area contributed by atoms with Gasteiger partial charge in [0.1, 0.15) is 5.56 Å². The molecule has 78 valence electrons. The minimum Gasteiger partial charge on any atom is -0.395 e. The van der Waals surface area contributed by atoms with Gasteiger partial charge in [0.2, 0.25) is 5.82 Å². The van der Waals surface area contributed by atoms with E-state index in [4.69, 9.17) is 5.11 Å². The predicted molar refractivity (Wildman–Crippen MR) is 51.6 cm³/mol. The van der Waals surface area contributed by atoms with E-state index in [-0.39, 0.29) is 18.6 Å². The van der Waals surface area contributed by atoms with Gasteiger partial charge in [-0.05, 0) is 12.1 Å². The van der Waals surface area contributed by atoms with Gasteiger partial charge < -0.3 is 5.11 Å². The highest BCUT2D eigenvalue weighted by Crippen LogP contribution is 2.21. The maximum Gasteiger partial charge on any atom is 0.320 e. The second-order valence-corrected chi connectivity index (χ2v) is 2.67. The molecule has 1 rings (SSSR count). The molecule has 0 aliphatic rings. The zero-order valence-electron chi connectivity index (χ0n) is 7.74. The Labute approximate surface area is 85.5 Å². The van der Waals surface area contributed by atoms with Gasteiger partial charge >= 0.3 is 5.69 Å². The average molecular weight is 209 g/mol. The molecule has 0 bridgehead atoms. The van der Waals surface area contributed by atoms with E-state index in [0.717, 1.165) is 6.07 Å². The average Bonchev–Trinajstić information content (AvgIpc) is 2.17. The van der Waals surface area contributed by atoms with E-state index < -0.39 is 16.4 Å². The highest BCUT2D eigenvalue weighted by Gasteiger charge is 2.17. The zero-order valence-corrected chi connectivity index (χ0v) is 7.74. The molecular weight excluding hydrogens is 201 g/mol.